The maximum absolute atomic E-state index is 9.83. The second kappa shape index (κ2) is 9.73. The molecule has 0 radical (unpaired) electrons. The third-order valence-corrected chi connectivity index (χ3v) is 3.06. The fraction of sp³-hybridized carbons (Fsp3) is 0.625. The van der Waals surface area contributed by atoms with Crippen LogP contribution in [0.25, 0.3) is 0 Å². The van der Waals surface area contributed by atoms with Crippen LogP contribution in [0.3, 0.4) is 0 Å². The van der Waals surface area contributed by atoms with Gasteiger partial charge in [0.1, 0.15) is 18.5 Å². The monoisotopic (exact) mass is 297 g/mol. The molecule has 1 aromatic carbocycles. The van der Waals surface area contributed by atoms with Gasteiger partial charge in [0, 0.05) is 13.7 Å². The fourth-order valence-corrected chi connectivity index (χ4v) is 2.16. The predicted octanol–water partition coefficient (Wildman–Crippen LogP) is 1.43. The van der Waals surface area contributed by atoms with E-state index in [1.54, 1.807) is 7.11 Å². The van der Waals surface area contributed by atoms with E-state index < -0.39 is 6.10 Å². The molecule has 5 heteroatoms. The van der Waals surface area contributed by atoms with Crippen LogP contribution in [-0.2, 0) is 16.0 Å². The van der Waals surface area contributed by atoms with E-state index in [4.69, 9.17) is 14.2 Å². The van der Waals surface area contributed by atoms with Crippen LogP contribution in [0.1, 0.15) is 16.7 Å². The second-order valence-corrected chi connectivity index (χ2v) is 5.12. The average Bonchev–Trinajstić information content (AvgIpc) is 2.43. The second-order valence-electron chi connectivity index (χ2n) is 5.12. The Morgan fingerprint density at radius 3 is 2.38 bits per heavy atom. The summed E-state index contributed by atoms with van der Waals surface area (Å²) in [5.74, 6) is 0.839. The van der Waals surface area contributed by atoms with E-state index in [0.717, 1.165) is 23.4 Å². The molecule has 1 unspecified atom stereocenters. The molecule has 0 aliphatic heterocycles. The third-order valence-electron chi connectivity index (χ3n) is 3.06. The quantitative estimate of drug-likeness (QED) is 0.640. The summed E-state index contributed by atoms with van der Waals surface area (Å²) in [6.07, 6.45) is -0.641. The van der Waals surface area contributed by atoms with Crippen LogP contribution in [0.4, 0.5) is 0 Å². The van der Waals surface area contributed by atoms with Crippen molar-refractivity contribution in [3.8, 4) is 5.75 Å². The molecule has 0 amide bonds. The molecule has 0 heterocycles. The van der Waals surface area contributed by atoms with Crippen molar-refractivity contribution in [3.05, 3.63) is 28.8 Å². The number of aliphatic hydroxyl groups is 1. The van der Waals surface area contributed by atoms with Crippen LogP contribution in [0.15, 0.2) is 12.1 Å². The normalized spacial score (nSPS) is 12.4. The highest BCUT2D eigenvalue weighted by Crippen LogP contribution is 2.25. The van der Waals surface area contributed by atoms with Gasteiger partial charge in [-0.15, -0.1) is 0 Å². The number of aryl methyl sites for hydroxylation is 2. The molecular formula is C16H27NO4. The van der Waals surface area contributed by atoms with Crippen molar-refractivity contribution < 1.29 is 19.3 Å². The molecule has 5 nitrogen and oxygen atoms in total. The molecule has 0 saturated carbocycles. The zero-order chi connectivity index (χ0) is 15.7. The van der Waals surface area contributed by atoms with Gasteiger partial charge in [0.2, 0.25) is 0 Å². The summed E-state index contributed by atoms with van der Waals surface area (Å²) in [5, 5.41) is 13.0. The van der Waals surface area contributed by atoms with Gasteiger partial charge in [-0.2, -0.15) is 0 Å². The SMILES string of the molecule is CNCc1cc(C)c(OCC(O)COCCOC)c(C)c1. The van der Waals surface area contributed by atoms with Gasteiger partial charge in [-0.3, -0.25) is 0 Å². The Morgan fingerprint density at radius 1 is 1.14 bits per heavy atom. The summed E-state index contributed by atoms with van der Waals surface area (Å²) in [4.78, 5) is 0. The molecule has 0 bridgehead atoms. The average molecular weight is 297 g/mol. The lowest BCUT2D eigenvalue weighted by molar-refractivity contribution is -0.00437. The molecule has 1 aromatic rings. The first-order valence-electron chi connectivity index (χ1n) is 7.20. The summed E-state index contributed by atoms with van der Waals surface area (Å²) < 4.78 is 15.9. The number of benzene rings is 1. The zero-order valence-corrected chi connectivity index (χ0v) is 13.4. The number of hydrogen-bond acceptors (Lipinski definition) is 5. The van der Waals surface area contributed by atoms with Crippen molar-refractivity contribution >= 4 is 0 Å². The molecule has 0 aromatic heterocycles. The Morgan fingerprint density at radius 2 is 1.81 bits per heavy atom. The fourth-order valence-electron chi connectivity index (χ4n) is 2.16. The number of hydrogen-bond donors (Lipinski definition) is 2. The van der Waals surface area contributed by atoms with Crippen molar-refractivity contribution in [1.82, 2.24) is 5.32 Å². The van der Waals surface area contributed by atoms with Crippen LogP contribution >= 0.6 is 0 Å². The number of rotatable bonds is 10. The van der Waals surface area contributed by atoms with Crippen LogP contribution in [0, 0.1) is 13.8 Å². The smallest absolute Gasteiger partial charge is 0.125 e. The lowest BCUT2D eigenvalue weighted by Crippen LogP contribution is -2.24. The number of aliphatic hydroxyl groups excluding tert-OH is 1. The number of methoxy groups -OCH3 is 1. The minimum absolute atomic E-state index is 0.222. The van der Waals surface area contributed by atoms with Gasteiger partial charge in [0.05, 0.1) is 19.8 Å². The maximum atomic E-state index is 9.83. The van der Waals surface area contributed by atoms with Gasteiger partial charge >= 0.3 is 0 Å². The minimum atomic E-state index is -0.641. The van der Waals surface area contributed by atoms with Crippen LogP contribution in [-0.4, -0.2) is 51.8 Å². The molecule has 120 valence electrons. The molecular weight excluding hydrogens is 270 g/mol. The Kier molecular flexibility index (Phi) is 8.30. The van der Waals surface area contributed by atoms with Crippen molar-refractivity contribution in [2.45, 2.75) is 26.5 Å². The van der Waals surface area contributed by atoms with Gasteiger partial charge in [0.25, 0.3) is 0 Å². The molecule has 0 fully saturated rings. The van der Waals surface area contributed by atoms with E-state index in [1.807, 2.05) is 20.9 Å². The van der Waals surface area contributed by atoms with Crippen molar-refractivity contribution in [2.75, 3.05) is 40.6 Å². The molecule has 0 spiro atoms. The molecule has 21 heavy (non-hydrogen) atoms. The standard InChI is InChI=1S/C16H27NO4/c1-12-7-14(9-17-3)8-13(2)16(12)21-11-15(18)10-20-6-5-19-4/h7-8,15,17-18H,5-6,9-11H2,1-4H3. The van der Waals surface area contributed by atoms with Gasteiger partial charge in [-0.1, -0.05) is 12.1 Å². The van der Waals surface area contributed by atoms with E-state index in [0.29, 0.717) is 13.2 Å². The summed E-state index contributed by atoms with van der Waals surface area (Å²) >= 11 is 0. The predicted molar refractivity (Wildman–Crippen MR) is 82.9 cm³/mol. The Bertz CT molecular complexity index is 400. The van der Waals surface area contributed by atoms with Crippen LogP contribution in [0.2, 0.25) is 0 Å². The lowest BCUT2D eigenvalue weighted by Gasteiger charge is -2.17. The highest BCUT2D eigenvalue weighted by atomic mass is 16.5. The first-order chi connectivity index (χ1) is 10.1. The molecule has 2 N–H and O–H groups in total. The van der Waals surface area contributed by atoms with Crippen molar-refractivity contribution in [3.63, 3.8) is 0 Å². The van der Waals surface area contributed by atoms with Gasteiger partial charge in [0.15, 0.2) is 0 Å². The highest BCUT2D eigenvalue weighted by Gasteiger charge is 2.10. The summed E-state index contributed by atoms with van der Waals surface area (Å²) in [7, 11) is 3.54. The van der Waals surface area contributed by atoms with E-state index in [-0.39, 0.29) is 13.2 Å². The van der Waals surface area contributed by atoms with Gasteiger partial charge in [-0.25, -0.2) is 0 Å². The summed E-state index contributed by atoms with van der Waals surface area (Å²) in [6.45, 7) is 6.34. The molecule has 0 saturated heterocycles. The lowest BCUT2D eigenvalue weighted by atomic mass is 10.1. The Labute approximate surface area is 127 Å². The summed E-state index contributed by atoms with van der Waals surface area (Å²) in [6, 6.07) is 4.20. The first-order valence-corrected chi connectivity index (χ1v) is 7.20. The molecule has 0 aliphatic rings. The summed E-state index contributed by atoms with van der Waals surface area (Å²) in [5.41, 5.74) is 3.38. The van der Waals surface area contributed by atoms with Crippen molar-refractivity contribution in [1.29, 1.82) is 0 Å². The van der Waals surface area contributed by atoms with Crippen LogP contribution < -0.4 is 10.1 Å². The molecule has 1 rings (SSSR count). The van der Waals surface area contributed by atoms with E-state index in [1.165, 1.54) is 5.56 Å². The minimum Gasteiger partial charge on any atom is -0.490 e. The Balaban J connectivity index is 2.47. The molecule has 1 atom stereocenters. The largest absolute Gasteiger partial charge is 0.490 e. The van der Waals surface area contributed by atoms with Crippen LogP contribution in [0.5, 0.6) is 5.75 Å². The highest BCUT2D eigenvalue weighted by molar-refractivity contribution is 5.43. The maximum Gasteiger partial charge on any atom is 0.125 e. The molecule has 0 aliphatic carbocycles. The van der Waals surface area contributed by atoms with Crippen molar-refractivity contribution in [2.24, 2.45) is 0 Å². The first kappa shape index (κ1) is 17.9. The third kappa shape index (κ3) is 6.44. The Hall–Kier alpha value is -1.14. The van der Waals surface area contributed by atoms with Gasteiger partial charge in [-0.05, 0) is 37.6 Å². The van der Waals surface area contributed by atoms with Gasteiger partial charge < -0.3 is 24.6 Å². The van der Waals surface area contributed by atoms with E-state index in [9.17, 15) is 5.11 Å². The topological polar surface area (TPSA) is 60.0 Å². The number of ether oxygens (including phenoxy) is 3. The zero-order valence-electron chi connectivity index (χ0n) is 13.4. The van der Waals surface area contributed by atoms with E-state index in [2.05, 4.69) is 17.4 Å². The number of nitrogens with one attached hydrogen (secondary N) is 1. The van der Waals surface area contributed by atoms with E-state index >= 15 is 0 Å².